The van der Waals surface area contributed by atoms with Gasteiger partial charge < -0.3 is 4.79 Å². The summed E-state index contributed by atoms with van der Waals surface area (Å²) in [5.74, 6) is 1.41. The molecule has 0 rings (SSSR count). The largest absolute Gasteiger partial charge is 0.303 e. The molecule has 3 atom stereocenters. The SMILES string of the molecule is CC[C@H](C)[C@@H](C)[C@H](C)C=O. The van der Waals surface area contributed by atoms with Crippen LogP contribution in [0.2, 0.25) is 0 Å². The maximum Gasteiger partial charge on any atom is 0.123 e. The molecule has 0 bridgehead atoms. The summed E-state index contributed by atoms with van der Waals surface area (Å²) in [6.07, 6.45) is 2.22. The van der Waals surface area contributed by atoms with Crippen LogP contribution in [-0.2, 0) is 4.79 Å². The van der Waals surface area contributed by atoms with Crippen molar-refractivity contribution in [1.29, 1.82) is 0 Å². The normalized spacial score (nSPS) is 19.6. The molecular formula is C9H18O. The predicted octanol–water partition coefficient (Wildman–Crippen LogP) is 2.50. The van der Waals surface area contributed by atoms with Gasteiger partial charge in [-0.2, -0.15) is 0 Å². The summed E-state index contributed by atoms with van der Waals surface area (Å²) in [7, 11) is 0. The molecule has 0 aliphatic heterocycles. The van der Waals surface area contributed by atoms with Crippen molar-refractivity contribution in [3.05, 3.63) is 0 Å². The van der Waals surface area contributed by atoms with E-state index in [2.05, 4.69) is 20.8 Å². The van der Waals surface area contributed by atoms with Crippen molar-refractivity contribution in [2.24, 2.45) is 17.8 Å². The molecule has 0 fully saturated rings. The van der Waals surface area contributed by atoms with Crippen molar-refractivity contribution in [2.45, 2.75) is 34.1 Å². The molecule has 0 spiro atoms. The van der Waals surface area contributed by atoms with E-state index in [-0.39, 0.29) is 5.92 Å². The van der Waals surface area contributed by atoms with Gasteiger partial charge in [0.25, 0.3) is 0 Å². The number of aldehydes is 1. The highest BCUT2D eigenvalue weighted by molar-refractivity contribution is 5.53. The lowest BCUT2D eigenvalue weighted by Gasteiger charge is -2.20. The highest BCUT2D eigenvalue weighted by atomic mass is 16.1. The number of carbonyl (C=O) groups excluding carboxylic acids is 1. The number of hydrogen-bond donors (Lipinski definition) is 0. The van der Waals surface area contributed by atoms with Gasteiger partial charge >= 0.3 is 0 Å². The quantitative estimate of drug-likeness (QED) is 0.551. The first-order chi connectivity index (χ1) is 4.63. The van der Waals surface area contributed by atoms with Crippen LogP contribution in [0.5, 0.6) is 0 Å². The van der Waals surface area contributed by atoms with Gasteiger partial charge in [-0.1, -0.05) is 34.1 Å². The Balaban J connectivity index is 3.80. The van der Waals surface area contributed by atoms with Crippen LogP contribution in [0.4, 0.5) is 0 Å². The van der Waals surface area contributed by atoms with Crippen LogP contribution in [0, 0.1) is 17.8 Å². The van der Waals surface area contributed by atoms with E-state index in [1.165, 1.54) is 6.42 Å². The third kappa shape index (κ3) is 2.51. The Bertz CT molecular complexity index is 98.9. The Morgan fingerprint density at radius 2 is 1.80 bits per heavy atom. The second-order valence-electron chi connectivity index (χ2n) is 3.24. The molecule has 0 saturated heterocycles. The first-order valence-corrected chi connectivity index (χ1v) is 4.08. The minimum Gasteiger partial charge on any atom is -0.303 e. The summed E-state index contributed by atoms with van der Waals surface area (Å²) >= 11 is 0. The van der Waals surface area contributed by atoms with Crippen molar-refractivity contribution >= 4 is 6.29 Å². The first kappa shape index (κ1) is 9.67. The Hall–Kier alpha value is -0.330. The fraction of sp³-hybridized carbons (Fsp3) is 0.889. The molecule has 10 heavy (non-hydrogen) atoms. The molecule has 0 N–H and O–H groups in total. The second kappa shape index (κ2) is 4.48. The van der Waals surface area contributed by atoms with E-state index in [9.17, 15) is 4.79 Å². The number of rotatable bonds is 4. The standard InChI is InChI=1S/C9H18O/c1-5-7(2)9(4)8(3)6-10/h6-9H,5H2,1-4H3/t7-,8+,9+/m0/s1. The molecule has 0 heterocycles. The Morgan fingerprint density at radius 3 is 2.10 bits per heavy atom. The van der Waals surface area contributed by atoms with Crippen molar-refractivity contribution in [3.63, 3.8) is 0 Å². The maximum absolute atomic E-state index is 10.4. The molecule has 0 aromatic carbocycles. The van der Waals surface area contributed by atoms with Gasteiger partial charge in [0.1, 0.15) is 6.29 Å². The van der Waals surface area contributed by atoms with Crippen LogP contribution in [0.1, 0.15) is 34.1 Å². The molecule has 60 valence electrons. The topological polar surface area (TPSA) is 17.1 Å². The van der Waals surface area contributed by atoms with Gasteiger partial charge in [-0.25, -0.2) is 0 Å². The zero-order valence-electron chi connectivity index (χ0n) is 7.42. The van der Waals surface area contributed by atoms with Gasteiger partial charge in [0.15, 0.2) is 0 Å². The molecule has 1 nitrogen and oxygen atoms in total. The van der Waals surface area contributed by atoms with E-state index in [1.807, 2.05) is 6.92 Å². The third-order valence-corrected chi connectivity index (χ3v) is 2.59. The highest BCUT2D eigenvalue weighted by Gasteiger charge is 2.16. The lowest BCUT2D eigenvalue weighted by atomic mass is 9.84. The van der Waals surface area contributed by atoms with Crippen LogP contribution in [-0.4, -0.2) is 6.29 Å². The molecule has 0 amide bonds. The van der Waals surface area contributed by atoms with Crippen molar-refractivity contribution in [1.82, 2.24) is 0 Å². The summed E-state index contributed by atoms with van der Waals surface area (Å²) in [5.41, 5.74) is 0. The van der Waals surface area contributed by atoms with Gasteiger partial charge in [-0.05, 0) is 11.8 Å². The Morgan fingerprint density at radius 1 is 1.30 bits per heavy atom. The predicted molar refractivity (Wildman–Crippen MR) is 43.8 cm³/mol. The molecular weight excluding hydrogens is 124 g/mol. The molecule has 0 unspecified atom stereocenters. The average Bonchev–Trinajstić information content (AvgIpc) is 2.00. The summed E-state index contributed by atoms with van der Waals surface area (Å²) in [4.78, 5) is 10.4. The van der Waals surface area contributed by atoms with E-state index in [1.54, 1.807) is 0 Å². The molecule has 0 aromatic rings. The zero-order chi connectivity index (χ0) is 8.15. The van der Waals surface area contributed by atoms with Crippen LogP contribution < -0.4 is 0 Å². The summed E-state index contributed by atoms with van der Waals surface area (Å²) in [6.45, 7) is 8.50. The number of carbonyl (C=O) groups is 1. The van der Waals surface area contributed by atoms with Crippen LogP contribution in [0.15, 0.2) is 0 Å². The lowest BCUT2D eigenvalue weighted by molar-refractivity contribution is -0.112. The second-order valence-corrected chi connectivity index (χ2v) is 3.24. The van der Waals surface area contributed by atoms with E-state index < -0.39 is 0 Å². The highest BCUT2D eigenvalue weighted by Crippen LogP contribution is 2.21. The molecule has 0 radical (unpaired) electrons. The fourth-order valence-corrected chi connectivity index (χ4v) is 1.01. The third-order valence-electron chi connectivity index (χ3n) is 2.59. The molecule has 0 saturated carbocycles. The molecule has 0 aliphatic rings. The molecule has 0 aliphatic carbocycles. The molecule has 0 aromatic heterocycles. The van der Waals surface area contributed by atoms with Gasteiger partial charge in [-0.3, -0.25) is 0 Å². The van der Waals surface area contributed by atoms with Crippen molar-refractivity contribution in [3.8, 4) is 0 Å². The Labute approximate surface area is 63.8 Å². The van der Waals surface area contributed by atoms with E-state index in [4.69, 9.17) is 0 Å². The van der Waals surface area contributed by atoms with Gasteiger partial charge in [-0.15, -0.1) is 0 Å². The summed E-state index contributed by atoms with van der Waals surface area (Å²) in [5, 5.41) is 0. The average molecular weight is 142 g/mol. The minimum atomic E-state index is 0.218. The lowest BCUT2D eigenvalue weighted by Crippen LogP contribution is -2.16. The van der Waals surface area contributed by atoms with Crippen molar-refractivity contribution in [2.75, 3.05) is 0 Å². The summed E-state index contributed by atoms with van der Waals surface area (Å²) < 4.78 is 0. The number of hydrogen-bond acceptors (Lipinski definition) is 1. The van der Waals surface area contributed by atoms with Gasteiger partial charge in [0.05, 0.1) is 0 Å². The minimum absolute atomic E-state index is 0.218. The Kier molecular flexibility index (Phi) is 4.33. The molecule has 1 heteroatoms. The monoisotopic (exact) mass is 142 g/mol. The maximum atomic E-state index is 10.4. The summed E-state index contributed by atoms with van der Waals surface area (Å²) in [6, 6.07) is 0. The zero-order valence-corrected chi connectivity index (χ0v) is 7.42. The van der Waals surface area contributed by atoms with Crippen LogP contribution in [0.3, 0.4) is 0 Å². The van der Waals surface area contributed by atoms with Gasteiger partial charge in [0.2, 0.25) is 0 Å². The van der Waals surface area contributed by atoms with E-state index >= 15 is 0 Å². The van der Waals surface area contributed by atoms with E-state index in [0.29, 0.717) is 11.8 Å². The van der Waals surface area contributed by atoms with E-state index in [0.717, 1.165) is 6.29 Å². The smallest absolute Gasteiger partial charge is 0.123 e. The van der Waals surface area contributed by atoms with Crippen molar-refractivity contribution < 1.29 is 4.79 Å². The van der Waals surface area contributed by atoms with Crippen LogP contribution in [0.25, 0.3) is 0 Å². The van der Waals surface area contributed by atoms with Gasteiger partial charge in [0, 0.05) is 5.92 Å². The van der Waals surface area contributed by atoms with Crippen LogP contribution >= 0.6 is 0 Å². The fourth-order valence-electron chi connectivity index (χ4n) is 1.01. The first-order valence-electron chi connectivity index (χ1n) is 4.08.